The normalized spacial score (nSPS) is 11.7. The van der Waals surface area contributed by atoms with E-state index in [1.54, 1.807) is 6.07 Å². The molecule has 0 amide bonds. The molecule has 1 aromatic carbocycles. The lowest BCUT2D eigenvalue weighted by molar-refractivity contribution is 0.0587. The molecule has 1 aromatic heterocycles. The van der Waals surface area contributed by atoms with Gasteiger partial charge in [0.25, 0.3) is 5.56 Å². The molecule has 0 radical (unpaired) electrons. The molecule has 0 spiro atoms. The fourth-order valence-electron chi connectivity index (χ4n) is 2.74. The molecule has 0 bridgehead atoms. The second-order valence-electron chi connectivity index (χ2n) is 6.46. The minimum atomic E-state index is -0.995. The first-order valence-corrected chi connectivity index (χ1v) is 8.93. The summed E-state index contributed by atoms with van der Waals surface area (Å²) >= 11 is 0. The largest absolute Gasteiger partial charge is 0.493 e. The smallest absolute Gasteiger partial charge is 0.340 e. The van der Waals surface area contributed by atoms with Crippen LogP contribution in [0.15, 0.2) is 33.2 Å². The monoisotopic (exact) mass is 428 g/mol. The number of aliphatic hydroxyl groups is 1. The van der Waals surface area contributed by atoms with Crippen molar-refractivity contribution < 1.29 is 29.3 Å². The second kappa shape index (κ2) is 9.64. The number of methoxy groups -OCH3 is 2. The molecule has 0 aliphatic heterocycles. The molecule has 0 saturated carbocycles. The van der Waals surface area contributed by atoms with Gasteiger partial charge in [0.05, 0.1) is 38.0 Å². The summed E-state index contributed by atoms with van der Waals surface area (Å²) < 4.78 is 10.1. The average Bonchev–Trinajstić information content (AvgIpc) is 2.75. The Morgan fingerprint density at radius 3 is 2.42 bits per heavy atom. The van der Waals surface area contributed by atoms with E-state index >= 15 is 0 Å². The number of nitrogens with zero attached hydrogens (tertiary/aromatic N) is 4. The van der Waals surface area contributed by atoms with Gasteiger partial charge in [-0.15, -0.1) is 10.2 Å². The topological polar surface area (TPSA) is 164 Å². The third-order valence-electron chi connectivity index (χ3n) is 4.30. The van der Waals surface area contributed by atoms with Crippen molar-refractivity contribution in [2.45, 2.75) is 26.5 Å². The number of hydrogen-bond acceptors (Lipinski definition) is 10. The van der Waals surface area contributed by atoms with E-state index in [9.17, 15) is 29.9 Å². The van der Waals surface area contributed by atoms with Crippen LogP contribution >= 0.6 is 0 Å². The van der Waals surface area contributed by atoms with Gasteiger partial charge in [0, 0.05) is 5.56 Å². The number of carbonyl (C=O) groups is 2. The molecule has 1 atom stereocenters. The van der Waals surface area contributed by atoms with E-state index in [0.29, 0.717) is 0 Å². The summed E-state index contributed by atoms with van der Waals surface area (Å²) in [5, 5.41) is 37.0. The maximum absolute atomic E-state index is 12.8. The van der Waals surface area contributed by atoms with E-state index in [4.69, 9.17) is 4.74 Å². The quantitative estimate of drug-likeness (QED) is 0.522. The molecule has 11 heteroatoms. The average molecular weight is 428 g/mol. The van der Waals surface area contributed by atoms with Crippen LogP contribution in [0.1, 0.15) is 38.8 Å². The fourth-order valence-corrected chi connectivity index (χ4v) is 2.74. The van der Waals surface area contributed by atoms with Gasteiger partial charge in [-0.05, 0) is 32.0 Å². The lowest BCUT2D eigenvalue weighted by atomic mass is 10.1. The summed E-state index contributed by atoms with van der Waals surface area (Å²) in [7, 11) is 2.35. The minimum absolute atomic E-state index is 0.0276. The van der Waals surface area contributed by atoms with Gasteiger partial charge in [-0.2, -0.15) is 5.26 Å². The summed E-state index contributed by atoms with van der Waals surface area (Å²) in [6.07, 6.45) is -0.995. The van der Waals surface area contributed by atoms with E-state index in [1.165, 1.54) is 39.2 Å². The molecule has 2 aromatic rings. The van der Waals surface area contributed by atoms with E-state index in [1.807, 2.05) is 0 Å². The number of aromatic hydroxyl groups is 1. The Hall–Kier alpha value is -4.04. The molecule has 0 saturated heterocycles. The molecule has 31 heavy (non-hydrogen) atoms. The van der Waals surface area contributed by atoms with Crippen LogP contribution in [0, 0.1) is 18.3 Å². The number of benzene rings is 1. The Morgan fingerprint density at radius 1 is 1.23 bits per heavy atom. The number of rotatable bonds is 6. The predicted molar refractivity (Wildman–Crippen MR) is 107 cm³/mol. The SMILES string of the molecule is COC(=O)c1ccc(C(=O)OC)c(N=Nc2c(C)c(C#N)c(O)n(CC(C)O)c2=O)c1. The zero-order valence-corrected chi connectivity index (χ0v) is 17.2. The van der Waals surface area contributed by atoms with Gasteiger partial charge in [0.1, 0.15) is 17.3 Å². The van der Waals surface area contributed by atoms with Crippen LogP contribution in [0.5, 0.6) is 5.88 Å². The summed E-state index contributed by atoms with van der Waals surface area (Å²) in [4.78, 5) is 36.7. The number of ether oxygens (including phenoxy) is 2. The van der Waals surface area contributed by atoms with E-state index in [2.05, 4.69) is 15.0 Å². The van der Waals surface area contributed by atoms with Crippen molar-refractivity contribution in [3.05, 3.63) is 50.8 Å². The van der Waals surface area contributed by atoms with Crippen molar-refractivity contribution in [3.63, 3.8) is 0 Å². The number of pyridine rings is 1. The van der Waals surface area contributed by atoms with Crippen molar-refractivity contribution in [1.82, 2.24) is 4.57 Å². The molecule has 0 aliphatic carbocycles. The maximum Gasteiger partial charge on any atom is 0.340 e. The number of nitriles is 1. The van der Waals surface area contributed by atoms with Gasteiger partial charge in [-0.3, -0.25) is 9.36 Å². The number of esters is 2. The second-order valence-corrected chi connectivity index (χ2v) is 6.46. The van der Waals surface area contributed by atoms with Crippen molar-refractivity contribution in [3.8, 4) is 11.9 Å². The third-order valence-corrected chi connectivity index (χ3v) is 4.30. The first-order valence-electron chi connectivity index (χ1n) is 8.93. The molecule has 0 fully saturated rings. The van der Waals surface area contributed by atoms with Gasteiger partial charge < -0.3 is 19.7 Å². The minimum Gasteiger partial charge on any atom is -0.493 e. The van der Waals surface area contributed by atoms with Crippen LogP contribution in [0.25, 0.3) is 0 Å². The number of aliphatic hydroxyl groups excluding tert-OH is 1. The molecule has 1 heterocycles. The van der Waals surface area contributed by atoms with Crippen LogP contribution in [0.2, 0.25) is 0 Å². The summed E-state index contributed by atoms with van der Waals surface area (Å²) in [6.45, 7) is 2.51. The Balaban J connectivity index is 2.72. The number of carbonyl (C=O) groups excluding carboxylic acids is 2. The van der Waals surface area contributed by atoms with Crippen molar-refractivity contribution >= 4 is 23.3 Å². The highest BCUT2D eigenvalue weighted by molar-refractivity contribution is 5.98. The molecule has 2 N–H and O–H groups in total. The highest BCUT2D eigenvalue weighted by atomic mass is 16.5. The number of aromatic nitrogens is 1. The highest BCUT2D eigenvalue weighted by Crippen LogP contribution is 2.29. The van der Waals surface area contributed by atoms with Crippen molar-refractivity contribution in [2.24, 2.45) is 10.2 Å². The standard InChI is InChI=1S/C20H20N4O7/c1-10(25)9-24-17(26)14(8-21)11(2)16(18(24)27)23-22-15-7-12(19(28)30-3)5-6-13(15)20(29)31-4/h5-7,10,25-26H,9H2,1-4H3. The van der Waals surface area contributed by atoms with Crippen LogP contribution in [-0.2, 0) is 16.0 Å². The Morgan fingerprint density at radius 2 is 1.87 bits per heavy atom. The van der Waals surface area contributed by atoms with Gasteiger partial charge in [-0.25, -0.2) is 9.59 Å². The van der Waals surface area contributed by atoms with Crippen LogP contribution in [0.3, 0.4) is 0 Å². The Kier molecular flexibility index (Phi) is 7.23. The lowest BCUT2D eigenvalue weighted by Gasteiger charge is -2.14. The third kappa shape index (κ3) is 4.76. The van der Waals surface area contributed by atoms with Crippen LogP contribution in [0.4, 0.5) is 11.4 Å². The molecule has 2 rings (SSSR count). The van der Waals surface area contributed by atoms with E-state index < -0.39 is 29.5 Å². The van der Waals surface area contributed by atoms with E-state index in [0.717, 1.165) is 11.7 Å². The number of azo groups is 1. The lowest BCUT2D eigenvalue weighted by Crippen LogP contribution is -2.26. The molecule has 0 aliphatic rings. The molecule has 1 unspecified atom stereocenters. The Labute approximate surface area is 176 Å². The molecular weight excluding hydrogens is 408 g/mol. The first kappa shape index (κ1) is 23.2. The fraction of sp³-hybridized carbons (Fsp3) is 0.300. The maximum atomic E-state index is 12.8. The number of hydrogen-bond donors (Lipinski definition) is 2. The van der Waals surface area contributed by atoms with Crippen LogP contribution < -0.4 is 5.56 Å². The summed E-state index contributed by atoms with van der Waals surface area (Å²) in [6, 6.07) is 5.65. The summed E-state index contributed by atoms with van der Waals surface area (Å²) in [5.74, 6) is -2.04. The highest BCUT2D eigenvalue weighted by Gasteiger charge is 2.21. The van der Waals surface area contributed by atoms with Gasteiger partial charge in [-0.1, -0.05) is 0 Å². The van der Waals surface area contributed by atoms with Gasteiger partial charge in [0.15, 0.2) is 5.69 Å². The molecule has 11 nitrogen and oxygen atoms in total. The van der Waals surface area contributed by atoms with Gasteiger partial charge in [0.2, 0.25) is 5.88 Å². The molecular formula is C20H20N4O7. The summed E-state index contributed by atoms with van der Waals surface area (Å²) in [5.41, 5.74) is -1.28. The van der Waals surface area contributed by atoms with Crippen LogP contribution in [-0.4, -0.2) is 47.0 Å². The van der Waals surface area contributed by atoms with E-state index in [-0.39, 0.29) is 40.2 Å². The zero-order valence-electron chi connectivity index (χ0n) is 17.2. The zero-order chi connectivity index (χ0) is 23.3. The van der Waals surface area contributed by atoms with Gasteiger partial charge >= 0.3 is 11.9 Å². The van der Waals surface area contributed by atoms with Crippen molar-refractivity contribution in [1.29, 1.82) is 5.26 Å². The Bertz CT molecular complexity index is 1160. The predicted octanol–water partition coefficient (Wildman–Crippen LogP) is 2.10. The molecule has 162 valence electrons. The van der Waals surface area contributed by atoms with Crippen molar-refractivity contribution in [2.75, 3.05) is 14.2 Å². The first-order chi connectivity index (χ1) is 14.7.